The SMILES string of the molecule is O=C(O)CCC1(c2cnc(Nc3cccc(Cl)c3)o2)C=CC(c2ccccc2)C=C1. The molecule has 30 heavy (non-hydrogen) atoms. The van der Waals surface area contributed by atoms with Crippen molar-refractivity contribution in [1.29, 1.82) is 0 Å². The molecule has 5 nitrogen and oxygen atoms in total. The quantitative estimate of drug-likeness (QED) is 0.453. The van der Waals surface area contributed by atoms with Crippen molar-refractivity contribution in [1.82, 2.24) is 4.98 Å². The molecule has 1 aromatic heterocycles. The van der Waals surface area contributed by atoms with E-state index < -0.39 is 11.4 Å². The van der Waals surface area contributed by atoms with Gasteiger partial charge in [0.1, 0.15) is 5.76 Å². The second-order valence-corrected chi connectivity index (χ2v) is 7.69. The highest BCUT2D eigenvalue weighted by molar-refractivity contribution is 6.30. The zero-order valence-electron chi connectivity index (χ0n) is 16.2. The van der Waals surface area contributed by atoms with Crippen LogP contribution in [0.3, 0.4) is 0 Å². The number of oxazole rings is 1. The Labute approximate surface area is 179 Å². The van der Waals surface area contributed by atoms with Crippen molar-refractivity contribution in [3.8, 4) is 0 Å². The number of hydrogen-bond donors (Lipinski definition) is 2. The van der Waals surface area contributed by atoms with Gasteiger partial charge in [0.25, 0.3) is 6.01 Å². The number of rotatable bonds is 7. The number of anilines is 2. The first-order valence-corrected chi connectivity index (χ1v) is 10.1. The Balaban J connectivity index is 1.60. The number of carbonyl (C=O) groups is 1. The first kappa shape index (κ1) is 20.0. The number of halogens is 1. The molecule has 2 N–H and O–H groups in total. The molecule has 0 amide bonds. The van der Waals surface area contributed by atoms with Gasteiger partial charge in [0.15, 0.2) is 0 Å². The molecule has 0 fully saturated rings. The number of aromatic nitrogens is 1. The van der Waals surface area contributed by atoms with E-state index in [2.05, 4.69) is 34.6 Å². The van der Waals surface area contributed by atoms with E-state index in [1.165, 1.54) is 5.56 Å². The lowest BCUT2D eigenvalue weighted by Gasteiger charge is -2.28. The lowest BCUT2D eigenvalue weighted by molar-refractivity contribution is -0.137. The van der Waals surface area contributed by atoms with Crippen LogP contribution in [0.4, 0.5) is 11.7 Å². The molecule has 0 unspecified atom stereocenters. The van der Waals surface area contributed by atoms with Gasteiger partial charge in [0, 0.05) is 23.0 Å². The van der Waals surface area contributed by atoms with E-state index in [1.807, 2.05) is 42.5 Å². The third-order valence-corrected chi connectivity index (χ3v) is 5.41. The van der Waals surface area contributed by atoms with Gasteiger partial charge >= 0.3 is 5.97 Å². The first-order valence-electron chi connectivity index (χ1n) is 9.68. The summed E-state index contributed by atoms with van der Waals surface area (Å²) in [6.45, 7) is 0. The van der Waals surface area contributed by atoms with Crippen molar-refractivity contribution in [2.24, 2.45) is 0 Å². The molecule has 152 valence electrons. The minimum absolute atomic E-state index is 0.0163. The van der Waals surface area contributed by atoms with Crippen molar-refractivity contribution < 1.29 is 14.3 Å². The minimum Gasteiger partial charge on any atom is -0.481 e. The summed E-state index contributed by atoms with van der Waals surface area (Å²) in [6, 6.07) is 17.7. The Kier molecular flexibility index (Phi) is 5.72. The number of nitrogens with zero attached hydrogens (tertiary/aromatic N) is 1. The zero-order chi connectivity index (χ0) is 21.0. The molecule has 0 spiro atoms. The van der Waals surface area contributed by atoms with Gasteiger partial charge in [0.2, 0.25) is 0 Å². The maximum Gasteiger partial charge on any atom is 0.303 e. The third kappa shape index (κ3) is 4.47. The fraction of sp³-hybridized carbons (Fsp3) is 0.167. The van der Waals surface area contributed by atoms with E-state index in [0.717, 1.165) is 5.69 Å². The van der Waals surface area contributed by atoms with Gasteiger partial charge in [-0.05, 0) is 30.2 Å². The lowest BCUT2D eigenvalue weighted by Crippen LogP contribution is -2.24. The van der Waals surface area contributed by atoms with Gasteiger partial charge in [-0.1, -0.05) is 72.3 Å². The number of hydrogen-bond acceptors (Lipinski definition) is 4. The lowest BCUT2D eigenvalue weighted by atomic mass is 9.75. The van der Waals surface area contributed by atoms with Crippen LogP contribution in [0.5, 0.6) is 0 Å². The summed E-state index contributed by atoms with van der Waals surface area (Å²) in [5.41, 5.74) is 1.28. The monoisotopic (exact) mass is 420 g/mol. The van der Waals surface area contributed by atoms with Gasteiger partial charge in [0.05, 0.1) is 11.6 Å². The van der Waals surface area contributed by atoms with E-state index in [0.29, 0.717) is 23.2 Å². The fourth-order valence-corrected chi connectivity index (χ4v) is 3.76. The summed E-state index contributed by atoms with van der Waals surface area (Å²) in [5.74, 6) is -0.124. The molecule has 0 radical (unpaired) electrons. The van der Waals surface area contributed by atoms with Crippen LogP contribution in [0.2, 0.25) is 5.02 Å². The number of aliphatic carboxylic acids is 1. The molecule has 0 saturated carbocycles. The Bertz CT molecular complexity index is 1070. The minimum atomic E-state index is -0.849. The van der Waals surface area contributed by atoms with E-state index in [1.54, 1.807) is 18.3 Å². The van der Waals surface area contributed by atoms with Gasteiger partial charge in [-0.25, -0.2) is 4.98 Å². The molecule has 3 aromatic rings. The van der Waals surface area contributed by atoms with Crippen LogP contribution in [0, 0.1) is 0 Å². The molecular formula is C24H21ClN2O3. The van der Waals surface area contributed by atoms with Crippen molar-refractivity contribution in [2.45, 2.75) is 24.2 Å². The highest BCUT2D eigenvalue weighted by atomic mass is 35.5. The topological polar surface area (TPSA) is 75.4 Å². The molecule has 4 rings (SSSR count). The predicted molar refractivity (Wildman–Crippen MR) is 117 cm³/mol. The maximum absolute atomic E-state index is 11.3. The molecule has 1 aliphatic rings. The van der Waals surface area contributed by atoms with Crippen LogP contribution in [0.1, 0.15) is 30.1 Å². The molecule has 0 saturated heterocycles. The van der Waals surface area contributed by atoms with E-state index in [-0.39, 0.29) is 12.3 Å². The molecular weight excluding hydrogens is 400 g/mol. The average Bonchev–Trinajstić information content (AvgIpc) is 3.22. The van der Waals surface area contributed by atoms with Gasteiger partial charge in [-0.2, -0.15) is 0 Å². The summed E-state index contributed by atoms with van der Waals surface area (Å²) in [4.78, 5) is 15.6. The van der Waals surface area contributed by atoms with Gasteiger partial charge in [-0.15, -0.1) is 0 Å². The number of carboxylic acids is 1. The fourth-order valence-electron chi connectivity index (χ4n) is 3.57. The second kappa shape index (κ2) is 8.59. The van der Waals surface area contributed by atoms with Crippen LogP contribution < -0.4 is 5.32 Å². The van der Waals surface area contributed by atoms with Crippen LogP contribution >= 0.6 is 11.6 Å². The normalized spacial score (nSPS) is 20.2. The maximum atomic E-state index is 11.3. The summed E-state index contributed by atoms with van der Waals surface area (Å²) < 4.78 is 5.98. The van der Waals surface area contributed by atoms with Crippen molar-refractivity contribution in [3.05, 3.63) is 101 Å². The molecule has 2 aromatic carbocycles. The van der Waals surface area contributed by atoms with Gasteiger partial charge < -0.3 is 14.8 Å². The zero-order valence-corrected chi connectivity index (χ0v) is 16.9. The number of allylic oxidation sites excluding steroid dienone is 4. The highest BCUT2D eigenvalue weighted by Crippen LogP contribution is 2.39. The predicted octanol–water partition coefficient (Wildman–Crippen LogP) is 6.08. The first-order chi connectivity index (χ1) is 14.5. The van der Waals surface area contributed by atoms with Crippen molar-refractivity contribution in [3.63, 3.8) is 0 Å². The smallest absolute Gasteiger partial charge is 0.303 e. The Morgan fingerprint density at radius 2 is 1.90 bits per heavy atom. The summed E-state index contributed by atoms with van der Waals surface area (Å²) in [7, 11) is 0. The molecule has 1 aliphatic carbocycles. The standard InChI is InChI=1S/C24H21ClN2O3/c25-19-7-4-8-20(15-19)27-23-26-16-21(30-23)24(14-11-22(28)29)12-9-18(10-13-24)17-5-2-1-3-6-17/h1-10,12-13,15-16,18H,11,14H2,(H,26,27)(H,28,29). The van der Waals surface area contributed by atoms with Crippen LogP contribution in [-0.2, 0) is 10.2 Å². The summed E-state index contributed by atoms with van der Waals surface area (Å²) in [5, 5.41) is 12.9. The Morgan fingerprint density at radius 3 is 2.60 bits per heavy atom. The number of nitrogens with one attached hydrogen (secondary N) is 1. The second-order valence-electron chi connectivity index (χ2n) is 7.25. The number of carboxylic acid groups (broad SMARTS) is 1. The van der Waals surface area contributed by atoms with E-state index in [9.17, 15) is 9.90 Å². The summed E-state index contributed by atoms with van der Waals surface area (Å²) in [6.07, 6.45) is 10.3. The van der Waals surface area contributed by atoms with Crippen LogP contribution in [0.15, 0.2) is 89.5 Å². The molecule has 0 aliphatic heterocycles. The largest absolute Gasteiger partial charge is 0.481 e. The average molecular weight is 421 g/mol. The van der Waals surface area contributed by atoms with E-state index in [4.69, 9.17) is 16.0 Å². The van der Waals surface area contributed by atoms with Crippen molar-refractivity contribution in [2.75, 3.05) is 5.32 Å². The Hall–Kier alpha value is -3.31. The van der Waals surface area contributed by atoms with Crippen LogP contribution in [-0.4, -0.2) is 16.1 Å². The Morgan fingerprint density at radius 1 is 1.13 bits per heavy atom. The number of benzene rings is 2. The molecule has 0 atom stereocenters. The third-order valence-electron chi connectivity index (χ3n) is 5.18. The van der Waals surface area contributed by atoms with Crippen molar-refractivity contribution >= 4 is 29.3 Å². The highest BCUT2D eigenvalue weighted by Gasteiger charge is 2.34. The van der Waals surface area contributed by atoms with Crippen LogP contribution in [0.25, 0.3) is 0 Å². The molecule has 1 heterocycles. The van der Waals surface area contributed by atoms with E-state index >= 15 is 0 Å². The molecule has 0 bridgehead atoms. The summed E-state index contributed by atoms with van der Waals surface area (Å²) >= 11 is 6.03. The molecule has 6 heteroatoms. The van der Waals surface area contributed by atoms with Gasteiger partial charge in [-0.3, -0.25) is 4.79 Å².